The molecule has 0 aromatic heterocycles. The summed E-state index contributed by atoms with van der Waals surface area (Å²) >= 11 is 1.51. The van der Waals surface area contributed by atoms with E-state index in [4.69, 9.17) is 5.73 Å². The van der Waals surface area contributed by atoms with Crippen LogP contribution >= 0.6 is 11.8 Å². The van der Waals surface area contributed by atoms with E-state index in [0.29, 0.717) is 17.9 Å². The molecule has 0 aromatic carbocycles. The van der Waals surface area contributed by atoms with E-state index in [0.717, 1.165) is 0 Å². The highest BCUT2D eigenvalue weighted by Crippen LogP contribution is 2.13. The maximum atomic E-state index is 11.1. The van der Waals surface area contributed by atoms with E-state index >= 15 is 0 Å². The monoisotopic (exact) mass is 268 g/mol. The van der Waals surface area contributed by atoms with Crippen molar-refractivity contribution in [2.75, 3.05) is 30.6 Å². The summed E-state index contributed by atoms with van der Waals surface area (Å²) in [6.07, 6.45) is 1.81. The molecule has 16 heavy (non-hydrogen) atoms. The summed E-state index contributed by atoms with van der Waals surface area (Å²) in [6, 6.07) is 0. The Morgan fingerprint density at radius 2 is 2.00 bits per heavy atom. The standard InChI is InChI=1S/C9H20N2O3S2/c1-9(11-2,8(10)12)4-5-15-6-7-16(3,13)14/h11H,4-7H2,1-3H3,(H2,10,12). The molecule has 1 atom stereocenters. The van der Waals surface area contributed by atoms with Gasteiger partial charge >= 0.3 is 0 Å². The number of likely N-dealkylation sites (N-methyl/N-ethyl adjacent to an activating group) is 1. The van der Waals surface area contributed by atoms with Gasteiger partial charge in [0.2, 0.25) is 5.91 Å². The first-order chi connectivity index (χ1) is 7.21. The lowest BCUT2D eigenvalue weighted by atomic mass is 9.99. The summed E-state index contributed by atoms with van der Waals surface area (Å²) in [5.41, 5.74) is 4.55. The second kappa shape index (κ2) is 6.46. The first-order valence-corrected chi connectivity index (χ1v) is 8.17. The van der Waals surface area contributed by atoms with Crippen LogP contribution in [0.3, 0.4) is 0 Å². The van der Waals surface area contributed by atoms with E-state index in [1.807, 2.05) is 0 Å². The van der Waals surface area contributed by atoms with Gasteiger partial charge in [-0.15, -0.1) is 0 Å². The van der Waals surface area contributed by atoms with Crippen LogP contribution in [0.15, 0.2) is 0 Å². The molecule has 96 valence electrons. The number of nitrogens with two attached hydrogens (primary N) is 1. The molecule has 0 radical (unpaired) electrons. The van der Waals surface area contributed by atoms with Crippen molar-refractivity contribution in [3.05, 3.63) is 0 Å². The summed E-state index contributed by atoms with van der Waals surface area (Å²) in [5, 5.41) is 2.88. The smallest absolute Gasteiger partial charge is 0.237 e. The number of hydrogen-bond acceptors (Lipinski definition) is 5. The molecule has 0 rings (SSSR count). The highest BCUT2D eigenvalue weighted by Gasteiger charge is 2.28. The molecule has 3 N–H and O–H groups in total. The van der Waals surface area contributed by atoms with Crippen LogP contribution in [0, 0.1) is 0 Å². The molecule has 0 aliphatic rings. The van der Waals surface area contributed by atoms with Crippen LogP contribution in [0.25, 0.3) is 0 Å². The number of carbonyl (C=O) groups excluding carboxylic acids is 1. The molecule has 0 saturated heterocycles. The lowest BCUT2D eigenvalue weighted by molar-refractivity contribution is -0.123. The van der Waals surface area contributed by atoms with Gasteiger partial charge in [-0.2, -0.15) is 11.8 Å². The molecule has 0 aliphatic heterocycles. The largest absolute Gasteiger partial charge is 0.368 e. The van der Waals surface area contributed by atoms with Gasteiger partial charge in [0.25, 0.3) is 0 Å². The van der Waals surface area contributed by atoms with Crippen LogP contribution in [-0.2, 0) is 14.6 Å². The van der Waals surface area contributed by atoms with Crippen molar-refractivity contribution in [3.63, 3.8) is 0 Å². The number of nitrogens with one attached hydrogen (secondary N) is 1. The molecular formula is C9H20N2O3S2. The van der Waals surface area contributed by atoms with Crippen LogP contribution < -0.4 is 11.1 Å². The zero-order chi connectivity index (χ0) is 12.8. The minimum absolute atomic E-state index is 0.171. The predicted molar refractivity (Wildman–Crippen MR) is 68.3 cm³/mol. The lowest BCUT2D eigenvalue weighted by Gasteiger charge is -2.24. The molecule has 0 heterocycles. The van der Waals surface area contributed by atoms with Gasteiger partial charge in [-0.25, -0.2) is 8.42 Å². The third-order valence-corrected chi connectivity index (χ3v) is 4.63. The molecule has 0 fully saturated rings. The molecular weight excluding hydrogens is 248 g/mol. The van der Waals surface area contributed by atoms with Gasteiger partial charge in [0, 0.05) is 12.0 Å². The molecule has 0 aromatic rings. The van der Waals surface area contributed by atoms with Gasteiger partial charge in [-0.1, -0.05) is 0 Å². The SMILES string of the molecule is CNC(C)(CCSCCS(C)(=O)=O)C(N)=O. The Morgan fingerprint density at radius 3 is 2.38 bits per heavy atom. The maximum Gasteiger partial charge on any atom is 0.237 e. The highest BCUT2D eigenvalue weighted by atomic mass is 32.2. The molecule has 0 bridgehead atoms. The van der Waals surface area contributed by atoms with Crippen molar-refractivity contribution < 1.29 is 13.2 Å². The van der Waals surface area contributed by atoms with Gasteiger partial charge in [-0.05, 0) is 26.1 Å². The molecule has 1 unspecified atom stereocenters. The summed E-state index contributed by atoms with van der Waals surface area (Å²) in [6.45, 7) is 1.74. The van der Waals surface area contributed by atoms with Crippen LogP contribution in [0.1, 0.15) is 13.3 Å². The van der Waals surface area contributed by atoms with E-state index < -0.39 is 21.3 Å². The van der Waals surface area contributed by atoms with Crippen molar-refractivity contribution in [1.82, 2.24) is 5.32 Å². The first-order valence-electron chi connectivity index (χ1n) is 4.95. The zero-order valence-corrected chi connectivity index (χ0v) is 11.6. The van der Waals surface area contributed by atoms with Crippen LogP contribution in [0.2, 0.25) is 0 Å². The van der Waals surface area contributed by atoms with Gasteiger partial charge in [0.05, 0.1) is 11.3 Å². The van der Waals surface area contributed by atoms with Crippen LogP contribution in [0.5, 0.6) is 0 Å². The first kappa shape index (κ1) is 15.7. The summed E-state index contributed by atoms with van der Waals surface area (Å²) < 4.78 is 21.7. The number of carbonyl (C=O) groups is 1. The van der Waals surface area contributed by atoms with Crippen molar-refractivity contribution in [2.24, 2.45) is 5.73 Å². The molecule has 0 aliphatic carbocycles. The Bertz CT molecular complexity index is 330. The average Bonchev–Trinajstić information content (AvgIpc) is 2.14. The van der Waals surface area contributed by atoms with Crippen molar-refractivity contribution >= 4 is 27.5 Å². The quantitative estimate of drug-likeness (QED) is 0.586. The molecule has 0 spiro atoms. The highest BCUT2D eigenvalue weighted by molar-refractivity contribution is 8.00. The number of hydrogen-bond donors (Lipinski definition) is 2. The normalized spacial score (nSPS) is 15.7. The van der Waals surface area contributed by atoms with Crippen molar-refractivity contribution in [2.45, 2.75) is 18.9 Å². The number of sulfone groups is 1. The lowest BCUT2D eigenvalue weighted by Crippen LogP contribution is -2.51. The number of thioether (sulfide) groups is 1. The van der Waals surface area contributed by atoms with E-state index in [9.17, 15) is 13.2 Å². The van der Waals surface area contributed by atoms with Crippen LogP contribution in [-0.4, -0.2) is 50.4 Å². The molecule has 7 heteroatoms. The fourth-order valence-corrected chi connectivity index (χ4v) is 3.40. The fourth-order valence-electron chi connectivity index (χ4n) is 0.960. The third-order valence-electron chi connectivity index (χ3n) is 2.44. The fraction of sp³-hybridized carbons (Fsp3) is 0.889. The number of primary amides is 1. The Hall–Kier alpha value is -0.270. The summed E-state index contributed by atoms with van der Waals surface area (Å²) in [7, 11) is -1.20. The van der Waals surface area contributed by atoms with Crippen molar-refractivity contribution in [1.29, 1.82) is 0 Å². The van der Waals surface area contributed by atoms with Crippen molar-refractivity contribution in [3.8, 4) is 0 Å². The van der Waals surface area contributed by atoms with Crippen LogP contribution in [0.4, 0.5) is 0 Å². The summed E-state index contributed by atoms with van der Waals surface area (Å²) in [5.74, 6) is 1.04. The Morgan fingerprint density at radius 1 is 1.44 bits per heavy atom. The van der Waals surface area contributed by atoms with E-state index in [2.05, 4.69) is 5.32 Å². The second-order valence-electron chi connectivity index (χ2n) is 3.94. The Kier molecular flexibility index (Phi) is 6.35. The van der Waals surface area contributed by atoms with Gasteiger partial charge < -0.3 is 11.1 Å². The Balaban J connectivity index is 3.86. The summed E-state index contributed by atoms with van der Waals surface area (Å²) in [4.78, 5) is 11.1. The Labute approximate surface area is 101 Å². The van der Waals surface area contributed by atoms with E-state index in [-0.39, 0.29) is 5.75 Å². The van der Waals surface area contributed by atoms with E-state index in [1.54, 1.807) is 14.0 Å². The molecule has 0 saturated carbocycles. The number of amides is 1. The topological polar surface area (TPSA) is 89.3 Å². The predicted octanol–water partition coefficient (Wildman–Crippen LogP) is -0.382. The van der Waals surface area contributed by atoms with Gasteiger partial charge in [-0.3, -0.25) is 4.79 Å². The average molecular weight is 268 g/mol. The van der Waals surface area contributed by atoms with E-state index in [1.165, 1.54) is 18.0 Å². The molecule has 5 nitrogen and oxygen atoms in total. The van der Waals surface area contributed by atoms with Gasteiger partial charge in [0.1, 0.15) is 9.84 Å². The zero-order valence-electron chi connectivity index (χ0n) is 9.95. The third kappa shape index (κ3) is 6.34. The van der Waals surface area contributed by atoms with Gasteiger partial charge in [0.15, 0.2) is 0 Å². The number of rotatable bonds is 8. The molecule has 1 amide bonds. The minimum Gasteiger partial charge on any atom is -0.368 e. The maximum absolute atomic E-state index is 11.1. The second-order valence-corrected chi connectivity index (χ2v) is 7.42. The minimum atomic E-state index is -2.89.